The fourth-order valence-electron chi connectivity index (χ4n) is 1.82. The molecule has 1 aromatic heterocycles. The van der Waals surface area contributed by atoms with Crippen LogP contribution in [0.5, 0.6) is 0 Å². The average molecular weight is 185 g/mol. The lowest BCUT2D eigenvalue weighted by atomic mass is 9.95. The highest BCUT2D eigenvalue weighted by Gasteiger charge is 2.27. The minimum atomic E-state index is 0.704. The molecule has 1 nitrogen and oxygen atoms in total. The molecule has 1 aliphatic rings. The summed E-state index contributed by atoms with van der Waals surface area (Å²) in [6.07, 6.45) is 8.20. The first-order valence-electron chi connectivity index (χ1n) is 5.00. The van der Waals surface area contributed by atoms with Crippen LogP contribution in [0.1, 0.15) is 29.5 Å². The SMILES string of the molecule is C=Cc1cncc(C)c1C(=C)C1CC1. The zero-order chi connectivity index (χ0) is 10.1. The summed E-state index contributed by atoms with van der Waals surface area (Å²) in [6.45, 7) is 10.1. The van der Waals surface area contributed by atoms with E-state index in [0.717, 1.165) is 5.56 Å². The van der Waals surface area contributed by atoms with Gasteiger partial charge in [-0.15, -0.1) is 0 Å². The normalized spacial score (nSPS) is 15.2. The van der Waals surface area contributed by atoms with Crippen LogP contribution in [0.3, 0.4) is 0 Å². The molecule has 1 saturated carbocycles. The maximum absolute atomic E-state index is 4.18. The van der Waals surface area contributed by atoms with Gasteiger partial charge in [-0.25, -0.2) is 0 Å². The predicted molar refractivity (Wildman–Crippen MR) is 60.8 cm³/mol. The Balaban J connectivity index is 2.47. The molecule has 0 radical (unpaired) electrons. The van der Waals surface area contributed by atoms with Crippen LogP contribution in [0, 0.1) is 12.8 Å². The Labute approximate surface area is 85.2 Å². The Kier molecular flexibility index (Phi) is 2.24. The van der Waals surface area contributed by atoms with E-state index in [0.29, 0.717) is 5.92 Å². The van der Waals surface area contributed by atoms with Gasteiger partial charge in [-0.3, -0.25) is 4.98 Å². The van der Waals surface area contributed by atoms with Gasteiger partial charge in [0.1, 0.15) is 0 Å². The van der Waals surface area contributed by atoms with Gasteiger partial charge in [-0.1, -0.05) is 19.2 Å². The first kappa shape index (κ1) is 9.20. The molecule has 1 aromatic rings. The molecule has 0 aliphatic heterocycles. The molecule has 14 heavy (non-hydrogen) atoms. The molecule has 0 saturated heterocycles. The summed E-state index contributed by atoms with van der Waals surface area (Å²) in [5, 5.41) is 0. The number of aryl methyl sites for hydroxylation is 1. The van der Waals surface area contributed by atoms with Gasteiger partial charge in [0.05, 0.1) is 0 Å². The van der Waals surface area contributed by atoms with Crippen LogP contribution in [0.25, 0.3) is 11.6 Å². The molecule has 0 spiro atoms. The van der Waals surface area contributed by atoms with Crippen LogP contribution in [0.15, 0.2) is 25.6 Å². The van der Waals surface area contributed by atoms with Crippen molar-refractivity contribution in [2.45, 2.75) is 19.8 Å². The second-order valence-electron chi connectivity index (χ2n) is 3.92. The maximum Gasteiger partial charge on any atom is 0.0346 e. The summed E-state index contributed by atoms with van der Waals surface area (Å²) in [5.41, 5.74) is 4.85. The number of hydrogen-bond donors (Lipinski definition) is 0. The fourth-order valence-corrected chi connectivity index (χ4v) is 1.82. The van der Waals surface area contributed by atoms with E-state index in [1.54, 1.807) is 0 Å². The van der Waals surface area contributed by atoms with Gasteiger partial charge in [-0.2, -0.15) is 0 Å². The number of allylic oxidation sites excluding steroid dienone is 1. The molecule has 2 rings (SSSR count). The van der Waals surface area contributed by atoms with E-state index < -0.39 is 0 Å². The molecule has 1 heterocycles. The molecular formula is C13H15N. The standard InChI is InChI=1S/C13H15N/c1-4-11-8-14-7-9(2)13(11)10(3)12-5-6-12/h4,7-8,12H,1,3,5-6H2,2H3. The number of rotatable bonds is 3. The zero-order valence-corrected chi connectivity index (χ0v) is 8.59. The molecule has 72 valence electrons. The van der Waals surface area contributed by atoms with E-state index in [-0.39, 0.29) is 0 Å². The Morgan fingerprint density at radius 1 is 1.50 bits per heavy atom. The minimum absolute atomic E-state index is 0.704. The smallest absolute Gasteiger partial charge is 0.0346 e. The van der Waals surface area contributed by atoms with Crippen molar-refractivity contribution in [3.8, 4) is 0 Å². The molecule has 0 bridgehead atoms. The summed E-state index contributed by atoms with van der Waals surface area (Å²) in [5.74, 6) is 0.704. The molecule has 0 aromatic carbocycles. The van der Waals surface area contributed by atoms with Crippen molar-refractivity contribution in [3.63, 3.8) is 0 Å². The van der Waals surface area contributed by atoms with E-state index in [1.807, 2.05) is 18.5 Å². The lowest BCUT2D eigenvalue weighted by molar-refractivity contribution is 1.13. The Hall–Kier alpha value is -1.37. The first-order chi connectivity index (χ1) is 6.74. The summed E-state index contributed by atoms with van der Waals surface area (Å²) in [4.78, 5) is 4.17. The fraction of sp³-hybridized carbons (Fsp3) is 0.308. The second-order valence-corrected chi connectivity index (χ2v) is 3.92. The number of nitrogens with zero attached hydrogens (tertiary/aromatic N) is 1. The monoisotopic (exact) mass is 185 g/mol. The van der Waals surface area contributed by atoms with Gasteiger partial charge in [0.2, 0.25) is 0 Å². The average Bonchev–Trinajstić information content (AvgIpc) is 2.99. The van der Waals surface area contributed by atoms with Gasteiger partial charge < -0.3 is 0 Å². The van der Waals surface area contributed by atoms with Crippen molar-refractivity contribution in [1.29, 1.82) is 0 Å². The largest absolute Gasteiger partial charge is 0.264 e. The lowest BCUT2D eigenvalue weighted by Crippen LogP contribution is -1.95. The van der Waals surface area contributed by atoms with Crippen LogP contribution >= 0.6 is 0 Å². The summed E-state index contributed by atoms with van der Waals surface area (Å²) >= 11 is 0. The van der Waals surface area contributed by atoms with E-state index in [9.17, 15) is 0 Å². The lowest BCUT2D eigenvalue weighted by Gasteiger charge is -2.11. The third-order valence-corrected chi connectivity index (χ3v) is 2.78. The maximum atomic E-state index is 4.18. The van der Waals surface area contributed by atoms with Gasteiger partial charge in [0.25, 0.3) is 0 Å². The van der Waals surface area contributed by atoms with E-state index in [4.69, 9.17) is 0 Å². The molecule has 1 fully saturated rings. The van der Waals surface area contributed by atoms with E-state index in [2.05, 4.69) is 25.1 Å². The van der Waals surface area contributed by atoms with E-state index >= 15 is 0 Å². The van der Waals surface area contributed by atoms with Crippen molar-refractivity contribution in [3.05, 3.63) is 42.2 Å². The second kappa shape index (κ2) is 3.41. The van der Waals surface area contributed by atoms with Crippen LogP contribution in [0.2, 0.25) is 0 Å². The molecular weight excluding hydrogens is 170 g/mol. The topological polar surface area (TPSA) is 12.9 Å². The molecule has 0 N–H and O–H groups in total. The van der Waals surface area contributed by atoms with Gasteiger partial charge >= 0.3 is 0 Å². The van der Waals surface area contributed by atoms with Crippen LogP contribution in [-0.2, 0) is 0 Å². The number of pyridine rings is 1. The van der Waals surface area contributed by atoms with Crippen LogP contribution < -0.4 is 0 Å². The zero-order valence-electron chi connectivity index (χ0n) is 8.59. The summed E-state index contributed by atoms with van der Waals surface area (Å²) < 4.78 is 0. The van der Waals surface area contributed by atoms with Crippen molar-refractivity contribution in [1.82, 2.24) is 4.98 Å². The van der Waals surface area contributed by atoms with Crippen LogP contribution in [0.4, 0.5) is 0 Å². The highest BCUT2D eigenvalue weighted by Crippen LogP contribution is 2.42. The van der Waals surface area contributed by atoms with Crippen molar-refractivity contribution in [2.75, 3.05) is 0 Å². The van der Waals surface area contributed by atoms with E-state index in [1.165, 1.54) is 29.5 Å². The summed E-state index contributed by atoms with van der Waals surface area (Å²) in [6, 6.07) is 0. The first-order valence-corrected chi connectivity index (χ1v) is 5.00. The molecule has 0 unspecified atom stereocenters. The van der Waals surface area contributed by atoms with Crippen molar-refractivity contribution < 1.29 is 0 Å². The number of aromatic nitrogens is 1. The summed E-state index contributed by atoms with van der Waals surface area (Å²) in [7, 11) is 0. The highest BCUT2D eigenvalue weighted by atomic mass is 14.6. The van der Waals surface area contributed by atoms with Gasteiger partial charge in [0, 0.05) is 12.4 Å². The van der Waals surface area contributed by atoms with Gasteiger partial charge in [0.15, 0.2) is 0 Å². The van der Waals surface area contributed by atoms with Crippen LogP contribution in [-0.4, -0.2) is 4.98 Å². The Morgan fingerprint density at radius 3 is 2.79 bits per heavy atom. The highest BCUT2D eigenvalue weighted by molar-refractivity contribution is 5.76. The van der Waals surface area contributed by atoms with Gasteiger partial charge in [-0.05, 0) is 47.9 Å². The molecule has 0 atom stereocenters. The molecule has 1 aliphatic carbocycles. The van der Waals surface area contributed by atoms with Crippen molar-refractivity contribution in [2.24, 2.45) is 5.92 Å². The number of hydrogen-bond acceptors (Lipinski definition) is 1. The third-order valence-electron chi connectivity index (χ3n) is 2.78. The van der Waals surface area contributed by atoms with Crippen molar-refractivity contribution >= 4 is 11.6 Å². The predicted octanol–water partition coefficient (Wildman–Crippen LogP) is 3.46. The minimum Gasteiger partial charge on any atom is -0.264 e. The molecule has 1 heteroatoms. The Bertz CT molecular complexity index is 386. The Morgan fingerprint density at radius 2 is 2.21 bits per heavy atom. The quantitative estimate of drug-likeness (QED) is 0.702. The third kappa shape index (κ3) is 1.50. The molecule has 0 amide bonds.